The van der Waals surface area contributed by atoms with E-state index in [0.717, 1.165) is 25.1 Å². The Bertz CT molecular complexity index is 1160. The van der Waals surface area contributed by atoms with Gasteiger partial charge in [-0.3, -0.25) is 9.48 Å². The Morgan fingerprint density at radius 2 is 1.97 bits per heavy atom. The van der Waals surface area contributed by atoms with Crippen LogP contribution in [0.5, 0.6) is 5.75 Å². The molecular weight excluding hydrogens is 452 g/mol. The Morgan fingerprint density at radius 3 is 2.55 bits per heavy atom. The van der Waals surface area contributed by atoms with Crippen molar-refractivity contribution >= 4 is 11.6 Å². The smallest absolute Gasteiger partial charge is 0.279 e. The second-order valence-electron chi connectivity index (χ2n) is 7.97. The quantitative estimate of drug-likeness (QED) is 0.439. The highest BCUT2D eigenvalue weighted by atomic mass is 35.5. The fraction of sp³-hybridized carbons (Fsp3) is 0.435. The first-order valence-electron chi connectivity index (χ1n) is 10.8. The van der Waals surface area contributed by atoms with Gasteiger partial charge in [0.15, 0.2) is 10.8 Å². The van der Waals surface area contributed by atoms with Gasteiger partial charge in [-0.2, -0.15) is 5.10 Å². The predicted octanol–water partition coefficient (Wildman–Crippen LogP) is 4.28. The van der Waals surface area contributed by atoms with Crippen molar-refractivity contribution in [2.75, 3.05) is 20.2 Å². The minimum absolute atomic E-state index is 0.0259. The van der Waals surface area contributed by atoms with Gasteiger partial charge in [0.25, 0.3) is 5.56 Å². The van der Waals surface area contributed by atoms with Crippen LogP contribution in [0.25, 0.3) is 22.6 Å². The van der Waals surface area contributed by atoms with Crippen LogP contribution in [-0.2, 0) is 13.6 Å². The molecule has 2 heterocycles. The molecule has 7 nitrogen and oxygen atoms in total. The molecule has 1 N–H and O–H groups in total. The lowest BCUT2D eigenvalue weighted by atomic mass is 10.1. The van der Waals surface area contributed by atoms with E-state index >= 15 is 8.78 Å². The van der Waals surface area contributed by atoms with Crippen molar-refractivity contribution in [1.82, 2.24) is 24.6 Å². The molecule has 3 aromatic rings. The van der Waals surface area contributed by atoms with Gasteiger partial charge in [-0.15, -0.1) is 0 Å². The molecule has 0 aliphatic carbocycles. The highest BCUT2D eigenvalue weighted by molar-refractivity contribution is 6.32. The van der Waals surface area contributed by atoms with Crippen LogP contribution in [0.1, 0.15) is 26.7 Å². The molecule has 0 saturated carbocycles. The first kappa shape index (κ1) is 24.9. The molecule has 10 heteroatoms. The Balaban J connectivity index is 2.13. The molecule has 178 valence electrons. The molecule has 0 fully saturated rings. The van der Waals surface area contributed by atoms with E-state index in [1.165, 1.54) is 9.25 Å². The number of hydrogen-bond donors (Lipinski definition) is 1. The number of hydrogen-bond acceptors (Lipinski definition) is 5. The van der Waals surface area contributed by atoms with Crippen LogP contribution < -0.4 is 15.6 Å². The second kappa shape index (κ2) is 10.9. The maximum absolute atomic E-state index is 15.2. The zero-order chi connectivity index (χ0) is 24.1. The molecule has 1 aromatic carbocycles. The summed E-state index contributed by atoms with van der Waals surface area (Å²) in [5.74, 6) is -1.65. The number of nitrogens with zero attached hydrogens (tertiary/aromatic N) is 4. The summed E-state index contributed by atoms with van der Waals surface area (Å²) >= 11 is 6.45. The van der Waals surface area contributed by atoms with Crippen LogP contribution in [0.4, 0.5) is 8.78 Å². The van der Waals surface area contributed by atoms with E-state index < -0.39 is 22.8 Å². The van der Waals surface area contributed by atoms with Crippen molar-refractivity contribution < 1.29 is 13.5 Å². The van der Waals surface area contributed by atoms with E-state index in [1.807, 2.05) is 20.9 Å². The number of halogens is 3. The van der Waals surface area contributed by atoms with Crippen LogP contribution in [0.3, 0.4) is 0 Å². The molecule has 0 aliphatic rings. The van der Waals surface area contributed by atoms with E-state index in [-0.39, 0.29) is 34.8 Å². The highest BCUT2D eigenvalue weighted by Crippen LogP contribution is 2.34. The number of nitrogens with one attached hydrogen (secondary N) is 1. The van der Waals surface area contributed by atoms with E-state index in [4.69, 9.17) is 16.3 Å². The predicted molar refractivity (Wildman–Crippen MR) is 125 cm³/mol. The van der Waals surface area contributed by atoms with Crippen molar-refractivity contribution in [3.05, 3.63) is 51.5 Å². The zero-order valence-electron chi connectivity index (χ0n) is 19.2. The van der Waals surface area contributed by atoms with Crippen molar-refractivity contribution in [2.24, 2.45) is 13.0 Å². The molecule has 0 spiro atoms. The van der Waals surface area contributed by atoms with E-state index in [1.54, 1.807) is 19.3 Å². The molecule has 33 heavy (non-hydrogen) atoms. The first-order chi connectivity index (χ1) is 15.8. The average molecular weight is 480 g/mol. The number of rotatable bonds is 10. The monoisotopic (exact) mass is 479 g/mol. The zero-order valence-corrected chi connectivity index (χ0v) is 19.9. The molecule has 3 rings (SSSR count). The standard InChI is InChI=1S/C23H28ClF2N5O2/c1-5-14(2)13-31-21(22(24)28-20(23(31)32)18-7-9-30(4)29-18)19-16(25)11-15(12-17(19)26)33-10-6-8-27-3/h7,9,11-12,14,27H,5-6,8,10,13H2,1-4H3/t14-/m0/s1. The molecule has 2 aromatic heterocycles. The summed E-state index contributed by atoms with van der Waals surface area (Å²) in [5, 5.41) is 7.02. The SMILES string of the molecule is CC[C@H](C)Cn1c(-c2c(F)cc(OCCCNC)cc2F)c(Cl)nc(-c2ccn(C)n2)c1=O. The lowest BCUT2D eigenvalue weighted by molar-refractivity contribution is 0.306. The average Bonchev–Trinajstić information content (AvgIpc) is 3.20. The fourth-order valence-corrected chi connectivity index (χ4v) is 3.68. The van der Waals surface area contributed by atoms with Gasteiger partial charge < -0.3 is 14.6 Å². The topological polar surface area (TPSA) is 74.0 Å². The third kappa shape index (κ3) is 5.59. The number of benzene rings is 1. The first-order valence-corrected chi connectivity index (χ1v) is 11.2. The minimum atomic E-state index is -0.884. The Kier molecular flexibility index (Phi) is 8.20. The van der Waals surface area contributed by atoms with E-state index in [9.17, 15) is 4.79 Å². The van der Waals surface area contributed by atoms with Gasteiger partial charge in [-0.25, -0.2) is 13.8 Å². The second-order valence-corrected chi connectivity index (χ2v) is 8.33. The van der Waals surface area contributed by atoms with Gasteiger partial charge in [0.1, 0.15) is 23.1 Å². The summed E-state index contributed by atoms with van der Waals surface area (Å²) in [7, 11) is 3.52. The van der Waals surface area contributed by atoms with Crippen molar-refractivity contribution in [3.63, 3.8) is 0 Å². The maximum atomic E-state index is 15.2. The van der Waals surface area contributed by atoms with Crippen LogP contribution >= 0.6 is 11.6 Å². The largest absolute Gasteiger partial charge is 0.493 e. The molecule has 0 aliphatic heterocycles. The number of aromatic nitrogens is 4. The minimum Gasteiger partial charge on any atom is -0.493 e. The molecule has 0 amide bonds. The summed E-state index contributed by atoms with van der Waals surface area (Å²) in [4.78, 5) is 17.6. The fourth-order valence-electron chi connectivity index (χ4n) is 3.40. The summed E-state index contributed by atoms with van der Waals surface area (Å²) in [5.41, 5.74) is -0.668. The van der Waals surface area contributed by atoms with Crippen LogP contribution in [0.2, 0.25) is 5.15 Å². The summed E-state index contributed by atoms with van der Waals surface area (Å²) in [6, 6.07) is 3.83. The molecule has 0 unspecified atom stereocenters. The summed E-state index contributed by atoms with van der Waals surface area (Å²) in [6.07, 6.45) is 3.11. The van der Waals surface area contributed by atoms with E-state index in [0.29, 0.717) is 18.7 Å². The Morgan fingerprint density at radius 1 is 1.27 bits per heavy atom. The maximum Gasteiger partial charge on any atom is 0.279 e. The van der Waals surface area contributed by atoms with Gasteiger partial charge in [0.05, 0.1) is 17.9 Å². The van der Waals surface area contributed by atoms with Gasteiger partial charge in [-0.05, 0) is 32.0 Å². The molecular formula is C23H28ClF2N5O2. The molecule has 1 atom stereocenters. The van der Waals surface area contributed by atoms with Gasteiger partial charge >= 0.3 is 0 Å². The molecule has 0 saturated heterocycles. The number of aryl methyl sites for hydroxylation is 1. The van der Waals surface area contributed by atoms with Crippen molar-refractivity contribution in [2.45, 2.75) is 33.2 Å². The lowest BCUT2D eigenvalue weighted by Crippen LogP contribution is -2.28. The van der Waals surface area contributed by atoms with E-state index in [2.05, 4.69) is 15.4 Å². The third-order valence-electron chi connectivity index (χ3n) is 5.36. The number of ether oxygens (including phenoxy) is 1. The van der Waals surface area contributed by atoms with Crippen LogP contribution in [0.15, 0.2) is 29.2 Å². The lowest BCUT2D eigenvalue weighted by Gasteiger charge is -2.19. The van der Waals surface area contributed by atoms with Gasteiger partial charge in [0.2, 0.25) is 0 Å². The molecule has 0 radical (unpaired) electrons. The third-order valence-corrected chi connectivity index (χ3v) is 5.63. The van der Waals surface area contributed by atoms with Crippen LogP contribution in [0, 0.1) is 17.6 Å². The van der Waals surface area contributed by atoms with Crippen molar-refractivity contribution in [1.29, 1.82) is 0 Å². The van der Waals surface area contributed by atoms with Gasteiger partial charge in [0, 0.05) is 31.9 Å². The van der Waals surface area contributed by atoms with Crippen molar-refractivity contribution in [3.8, 4) is 28.4 Å². The summed E-state index contributed by atoms with van der Waals surface area (Å²) < 4.78 is 38.6. The van der Waals surface area contributed by atoms with Crippen LogP contribution in [-0.4, -0.2) is 39.5 Å². The molecule has 0 bridgehead atoms. The Labute approximate surface area is 196 Å². The highest BCUT2D eigenvalue weighted by Gasteiger charge is 2.25. The van der Waals surface area contributed by atoms with Gasteiger partial charge in [-0.1, -0.05) is 31.9 Å². The normalized spacial score (nSPS) is 12.2. The Hall–Kier alpha value is -2.78. The summed E-state index contributed by atoms with van der Waals surface area (Å²) in [6.45, 7) is 5.15.